The summed E-state index contributed by atoms with van der Waals surface area (Å²) in [6.45, 7) is 0. The molecule has 0 saturated heterocycles. The molecule has 1 atom stereocenters. The van der Waals surface area contributed by atoms with E-state index >= 15 is 0 Å². The summed E-state index contributed by atoms with van der Waals surface area (Å²) in [6, 6.07) is 0. The Morgan fingerprint density at radius 1 is 1.62 bits per heavy atom. The zero-order valence-electron chi connectivity index (χ0n) is 6.20. The fourth-order valence-corrected chi connectivity index (χ4v) is 1.08. The summed E-state index contributed by atoms with van der Waals surface area (Å²) in [5, 5.41) is 14.7. The van der Waals surface area contributed by atoms with Crippen molar-refractivity contribution in [3.63, 3.8) is 0 Å². The maximum atomic E-state index is 12.5. The number of aromatic nitrogens is 2. The van der Waals surface area contributed by atoms with Crippen LogP contribution in [0.5, 0.6) is 0 Å². The summed E-state index contributed by atoms with van der Waals surface area (Å²) in [4.78, 5) is 10.4. The summed E-state index contributed by atoms with van der Waals surface area (Å²) in [6.07, 6.45) is -0.387. The van der Waals surface area contributed by atoms with Crippen LogP contribution in [0.4, 0.5) is 8.78 Å². The number of alkyl halides is 2. The third-order valence-corrected chi connectivity index (χ3v) is 1.87. The zero-order chi connectivity index (χ0) is 9.64. The van der Waals surface area contributed by atoms with Gasteiger partial charge in [0, 0.05) is 6.42 Å². The van der Waals surface area contributed by atoms with Crippen LogP contribution in [-0.4, -0.2) is 27.3 Å². The molecule has 1 heterocycles. The monoisotopic (exact) mass is 190 g/mol. The SMILES string of the molecule is O=C(O)c1nonc1[C@H]1CC1(F)F. The van der Waals surface area contributed by atoms with E-state index in [1.807, 2.05) is 0 Å². The molecule has 2 rings (SSSR count). The van der Waals surface area contributed by atoms with Crippen molar-refractivity contribution in [1.82, 2.24) is 10.3 Å². The Balaban J connectivity index is 2.32. The smallest absolute Gasteiger partial charge is 0.360 e. The van der Waals surface area contributed by atoms with Gasteiger partial charge in [-0.05, 0) is 5.16 Å². The Hall–Kier alpha value is -1.53. The van der Waals surface area contributed by atoms with E-state index in [1.165, 1.54) is 0 Å². The standard InChI is InChI=1S/C6H4F2N2O3/c7-6(8)1-2(6)3-4(5(11)12)10-13-9-3/h2H,1H2,(H,11,12)/t2-/m1/s1. The van der Waals surface area contributed by atoms with Gasteiger partial charge in [-0.1, -0.05) is 5.16 Å². The van der Waals surface area contributed by atoms with Crippen molar-refractivity contribution in [3.8, 4) is 0 Å². The first-order valence-electron chi connectivity index (χ1n) is 3.46. The molecule has 1 aromatic rings. The van der Waals surface area contributed by atoms with Gasteiger partial charge in [0.2, 0.25) is 5.69 Å². The minimum absolute atomic E-state index is 0.266. The molecule has 1 aliphatic rings. The molecule has 0 unspecified atom stereocenters. The Labute approximate surface area is 70.3 Å². The lowest BCUT2D eigenvalue weighted by Gasteiger charge is -1.91. The Morgan fingerprint density at radius 3 is 2.69 bits per heavy atom. The number of carboxylic acid groups (broad SMARTS) is 1. The fraction of sp³-hybridized carbons (Fsp3) is 0.500. The molecule has 0 spiro atoms. The average molecular weight is 190 g/mol. The molecule has 0 aromatic carbocycles. The van der Waals surface area contributed by atoms with Crippen LogP contribution in [0.2, 0.25) is 0 Å². The van der Waals surface area contributed by atoms with E-state index in [2.05, 4.69) is 14.9 Å². The number of carboxylic acids is 1. The number of nitrogens with zero attached hydrogens (tertiary/aromatic N) is 2. The highest BCUT2D eigenvalue weighted by molar-refractivity contribution is 5.86. The van der Waals surface area contributed by atoms with E-state index < -0.39 is 23.5 Å². The zero-order valence-corrected chi connectivity index (χ0v) is 6.20. The predicted molar refractivity (Wildman–Crippen MR) is 33.6 cm³/mol. The third kappa shape index (κ3) is 1.16. The molecule has 1 aliphatic carbocycles. The molecule has 0 bridgehead atoms. The van der Waals surface area contributed by atoms with E-state index in [0.29, 0.717) is 0 Å². The second-order valence-electron chi connectivity index (χ2n) is 2.82. The summed E-state index contributed by atoms with van der Waals surface area (Å²) in [7, 11) is 0. The molecule has 1 saturated carbocycles. The molecule has 13 heavy (non-hydrogen) atoms. The molecule has 70 valence electrons. The number of aromatic carboxylic acids is 1. The molecule has 0 radical (unpaired) electrons. The second-order valence-corrected chi connectivity index (χ2v) is 2.82. The molecule has 0 amide bonds. The van der Waals surface area contributed by atoms with Gasteiger partial charge < -0.3 is 5.11 Å². The highest BCUT2D eigenvalue weighted by Gasteiger charge is 2.60. The maximum absolute atomic E-state index is 12.5. The Morgan fingerprint density at radius 2 is 2.23 bits per heavy atom. The summed E-state index contributed by atoms with van der Waals surface area (Å²) in [5.74, 6) is -5.41. The van der Waals surface area contributed by atoms with Crippen LogP contribution >= 0.6 is 0 Å². The Bertz CT molecular complexity index is 363. The number of hydrogen-bond donors (Lipinski definition) is 1. The third-order valence-electron chi connectivity index (χ3n) is 1.87. The summed E-state index contributed by atoms with van der Waals surface area (Å²) < 4.78 is 29.1. The average Bonchev–Trinajstić information content (AvgIpc) is 2.49. The van der Waals surface area contributed by atoms with Crippen molar-refractivity contribution in [3.05, 3.63) is 11.4 Å². The lowest BCUT2D eigenvalue weighted by Crippen LogP contribution is -2.03. The van der Waals surface area contributed by atoms with Gasteiger partial charge in [-0.3, -0.25) is 0 Å². The van der Waals surface area contributed by atoms with Crippen LogP contribution in [0.15, 0.2) is 4.63 Å². The molecule has 5 nitrogen and oxygen atoms in total. The van der Waals surface area contributed by atoms with Crippen LogP contribution in [0.1, 0.15) is 28.5 Å². The number of halogens is 2. The van der Waals surface area contributed by atoms with Gasteiger partial charge in [0.1, 0.15) is 5.69 Å². The lowest BCUT2D eigenvalue weighted by atomic mass is 10.2. The first kappa shape index (κ1) is 8.09. The van der Waals surface area contributed by atoms with Gasteiger partial charge in [0.25, 0.3) is 5.92 Å². The topological polar surface area (TPSA) is 76.2 Å². The normalized spacial score (nSPS) is 24.3. The van der Waals surface area contributed by atoms with Gasteiger partial charge in [-0.2, -0.15) is 0 Å². The molecule has 7 heteroatoms. The molecular formula is C6H4F2N2O3. The van der Waals surface area contributed by atoms with Crippen molar-refractivity contribution in [2.45, 2.75) is 18.3 Å². The highest BCUT2D eigenvalue weighted by Crippen LogP contribution is 2.55. The maximum Gasteiger partial charge on any atom is 0.360 e. The lowest BCUT2D eigenvalue weighted by molar-refractivity contribution is 0.0683. The van der Waals surface area contributed by atoms with Gasteiger partial charge in [-0.25, -0.2) is 18.2 Å². The summed E-state index contributed by atoms with van der Waals surface area (Å²) >= 11 is 0. The summed E-state index contributed by atoms with van der Waals surface area (Å²) in [5.41, 5.74) is -0.792. The van der Waals surface area contributed by atoms with Gasteiger partial charge in [0.15, 0.2) is 0 Å². The number of hydrogen-bond acceptors (Lipinski definition) is 4. The van der Waals surface area contributed by atoms with E-state index in [1.54, 1.807) is 0 Å². The van der Waals surface area contributed by atoms with Crippen molar-refractivity contribution in [2.75, 3.05) is 0 Å². The van der Waals surface area contributed by atoms with E-state index in [0.717, 1.165) is 0 Å². The number of rotatable bonds is 2. The Kier molecular flexibility index (Phi) is 1.39. The number of carbonyl (C=O) groups is 1. The van der Waals surface area contributed by atoms with Crippen molar-refractivity contribution >= 4 is 5.97 Å². The van der Waals surface area contributed by atoms with Gasteiger partial charge >= 0.3 is 5.97 Å². The van der Waals surface area contributed by atoms with E-state index in [-0.39, 0.29) is 12.1 Å². The van der Waals surface area contributed by atoms with Crippen LogP contribution in [0, 0.1) is 0 Å². The van der Waals surface area contributed by atoms with Crippen molar-refractivity contribution in [2.24, 2.45) is 0 Å². The van der Waals surface area contributed by atoms with Gasteiger partial charge in [-0.15, -0.1) is 0 Å². The van der Waals surface area contributed by atoms with Crippen LogP contribution in [0.3, 0.4) is 0 Å². The largest absolute Gasteiger partial charge is 0.476 e. The molecular weight excluding hydrogens is 186 g/mol. The van der Waals surface area contributed by atoms with Gasteiger partial charge in [0.05, 0.1) is 5.92 Å². The fourth-order valence-electron chi connectivity index (χ4n) is 1.08. The molecule has 1 N–H and O–H groups in total. The van der Waals surface area contributed by atoms with E-state index in [4.69, 9.17) is 5.11 Å². The predicted octanol–water partition coefficient (Wildman–Crippen LogP) is 0.890. The van der Waals surface area contributed by atoms with Crippen LogP contribution in [0.25, 0.3) is 0 Å². The van der Waals surface area contributed by atoms with Crippen LogP contribution < -0.4 is 0 Å². The minimum atomic E-state index is -2.86. The van der Waals surface area contributed by atoms with Crippen LogP contribution in [-0.2, 0) is 0 Å². The van der Waals surface area contributed by atoms with Crippen molar-refractivity contribution in [1.29, 1.82) is 0 Å². The quantitative estimate of drug-likeness (QED) is 0.749. The van der Waals surface area contributed by atoms with Crippen molar-refractivity contribution < 1.29 is 23.3 Å². The molecule has 0 aliphatic heterocycles. The first-order chi connectivity index (χ1) is 6.02. The molecule has 1 fully saturated rings. The highest BCUT2D eigenvalue weighted by atomic mass is 19.3. The minimum Gasteiger partial charge on any atom is -0.476 e. The van der Waals surface area contributed by atoms with E-state index in [9.17, 15) is 13.6 Å². The second kappa shape index (κ2) is 2.24. The first-order valence-corrected chi connectivity index (χ1v) is 3.46. The molecule has 1 aromatic heterocycles.